The van der Waals surface area contributed by atoms with E-state index in [1.165, 1.54) is 24.1 Å². The van der Waals surface area contributed by atoms with Crippen LogP contribution in [-0.2, 0) is 26.2 Å². The van der Waals surface area contributed by atoms with Gasteiger partial charge in [-0.15, -0.1) is 0 Å². The third-order valence-corrected chi connectivity index (χ3v) is 9.28. The number of carbonyl (C=O) groups excluding carboxylic acids is 2. The maximum Gasteiger partial charge on any atom is 0.264 e. The van der Waals surface area contributed by atoms with Gasteiger partial charge in [-0.2, -0.15) is 0 Å². The lowest BCUT2D eigenvalue weighted by Crippen LogP contribution is -2.53. The van der Waals surface area contributed by atoms with Gasteiger partial charge in [0.15, 0.2) is 0 Å². The average molecular weight is 578 g/mol. The molecule has 9 heteroatoms. The van der Waals surface area contributed by atoms with E-state index in [2.05, 4.69) is 5.32 Å². The Labute approximate surface area is 243 Å². The first-order valence-electron chi connectivity index (χ1n) is 14.1. The van der Waals surface area contributed by atoms with Crippen molar-refractivity contribution in [1.29, 1.82) is 0 Å². The zero-order valence-corrected chi connectivity index (χ0v) is 24.8. The molecule has 0 bridgehead atoms. The number of carbonyl (C=O) groups is 2. The predicted octanol–water partition coefficient (Wildman–Crippen LogP) is 5.07. The zero-order valence-electron chi connectivity index (χ0n) is 24.0. The number of hydrogen-bond acceptors (Lipinski definition) is 5. The van der Waals surface area contributed by atoms with E-state index in [1.54, 1.807) is 42.5 Å². The van der Waals surface area contributed by atoms with Gasteiger partial charge in [0.1, 0.15) is 18.3 Å². The number of rotatable bonds is 12. The number of methoxy groups -OCH3 is 1. The largest absolute Gasteiger partial charge is 0.497 e. The van der Waals surface area contributed by atoms with E-state index in [0.29, 0.717) is 17.9 Å². The topological polar surface area (TPSA) is 96.0 Å². The number of hydrogen-bond donors (Lipinski definition) is 1. The Hall–Kier alpha value is -3.85. The first-order valence-corrected chi connectivity index (χ1v) is 15.5. The number of ether oxygens (including phenoxy) is 1. The molecule has 4 rings (SSSR count). The molecule has 1 fully saturated rings. The molecule has 0 aromatic heterocycles. The molecule has 0 aliphatic heterocycles. The standard InChI is InChI=1S/C32H39N3O5S/c1-4-30(32(37)33-26-13-8-9-14-26)34(22-25-12-10-11-24(2)21-25)31(36)23-35(27-17-19-28(40-3)20-18-27)41(38,39)29-15-6-5-7-16-29/h5-7,10-12,15-21,26,30H,4,8-9,13-14,22-23H2,1-3H3,(H,33,37). The Bertz CT molecular complexity index is 1420. The number of nitrogens with zero attached hydrogens (tertiary/aromatic N) is 2. The molecule has 0 heterocycles. The average Bonchev–Trinajstić information content (AvgIpc) is 3.49. The minimum absolute atomic E-state index is 0.0693. The Balaban J connectivity index is 1.71. The van der Waals surface area contributed by atoms with Crippen LogP contribution in [0.5, 0.6) is 5.75 Å². The van der Waals surface area contributed by atoms with Crippen molar-refractivity contribution in [1.82, 2.24) is 10.2 Å². The number of nitrogens with one attached hydrogen (secondary N) is 1. The summed E-state index contributed by atoms with van der Waals surface area (Å²) in [6.07, 6.45) is 4.39. The van der Waals surface area contributed by atoms with Crippen molar-refractivity contribution in [3.63, 3.8) is 0 Å². The van der Waals surface area contributed by atoms with Crippen LogP contribution in [0.2, 0.25) is 0 Å². The van der Waals surface area contributed by atoms with Crippen molar-refractivity contribution >= 4 is 27.5 Å². The highest BCUT2D eigenvalue weighted by Gasteiger charge is 2.34. The summed E-state index contributed by atoms with van der Waals surface area (Å²) in [7, 11) is -2.58. The van der Waals surface area contributed by atoms with Crippen LogP contribution >= 0.6 is 0 Å². The highest BCUT2D eigenvalue weighted by molar-refractivity contribution is 7.92. The molecule has 218 valence electrons. The second-order valence-electron chi connectivity index (χ2n) is 10.4. The maximum absolute atomic E-state index is 14.2. The van der Waals surface area contributed by atoms with Crippen LogP contribution in [0, 0.1) is 6.92 Å². The summed E-state index contributed by atoms with van der Waals surface area (Å²) in [4.78, 5) is 29.3. The summed E-state index contributed by atoms with van der Waals surface area (Å²) < 4.78 is 34.2. The van der Waals surface area contributed by atoms with Crippen LogP contribution in [0.3, 0.4) is 0 Å². The summed E-state index contributed by atoms with van der Waals surface area (Å²) in [6, 6.07) is 21.7. The lowest BCUT2D eigenvalue weighted by molar-refractivity contribution is -0.140. The molecule has 1 aliphatic carbocycles. The Morgan fingerprint density at radius 3 is 2.27 bits per heavy atom. The van der Waals surface area contributed by atoms with Crippen molar-refractivity contribution in [2.75, 3.05) is 18.0 Å². The zero-order chi connectivity index (χ0) is 29.4. The van der Waals surface area contributed by atoms with E-state index in [-0.39, 0.29) is 23.4 Å². The van der Waals surface area contributed by atoms with Crippen LogP contribution in [0.1, 0.15) is 50.2 Å². The highest BCUT2D eigenvalue weighted by Crippen LogP contribution is 2.27. The van der Waals surface area contributed by atoms with E-state index < -0.39 is 28.5 Å². The van der Waals surface area contributed by atoms with Crippen molar-refractivity contribution < 1.29 is 22.7 Å². The van der Waals surface area contributed by atoms with Gasteiger partial charge in [-0.3, -0.25) is 13.9 Å². The molecule has 8 nitrogen and oxygen atoms in total. The number of sulfonamides is 1. The molecule has 1 atom stereocenters. The molecule has 1 saturated carbocycles. The van der Waals surface area contributed by atoms with E-state index in [9.17, 15) is 18.0 Å². The highest BCUT2D eigenvalue weighted by atomic mass is 32.2. The molecule has 0 saturated heterocycles. The van der Waals surface area contributed by atoms with E-state index in [4.69, 9.17) is 4.74 Å². The number of anilines is 1. The number of benzene rings is 3. The minimum atomic E-state index is -4.11. The molecule has 0 radical (unpaired) electrons. The molecule has 3 aromatic carbocycles. The first-order chi connectivity index (χ1) is 19.7. The van der Waals surface area contributed by atoms with Gasteiger partial charge >= 0.3 is 0 Å². The fraction of sp³-hybridized carbons (Fsp3) is 0.375. The Morgan fingerprint density at radius 1 is 0.976 bits per heavy atom. The number of aryl methyl sites for hydroxylation is 1. The lowest BCUT2D eigenvalue weighted by atomic mass is 10.1. The quantitative estimate of drug-likeness (QED) is 0.325. The van der Waals surface area contributed by atoms with Gasteiger partial charge in [0.05, 0.1) is 17.7 Å². The SMILES string of the molecule is CCC(C(=O)NC1CCCC1)N(Cc1cccc(C)c1)C(=O)CN(c1ccc(OC)cc1)S(=O)(=O)c1ccccc1. The van der Waals surface area contributed by atoms with Gasteiger partial charge < -0.3 is 15.0 Å². The van der Waals surface area contributed by atoms with Crippen LogP contribution in [0.4, 0.5) is 5.69 Å². The summed E-state index contributed by atoms with van der Waals surface area (Å²) in [5, 5.41) is 3.14. The van der Waals surface area contributed by atoms with E-state index in [0.717, 1.165) is 41.1 Å². The molecule has 1 aliphatic rings. The van der Waals surface area contributed by atoms with Gasteiger partial charge in [-0.1, -0.05) is 67.8 Å². The second-order valence-corrected chi connectivity index (χ2v) is 12.3. The van der Waals surface area contributed by atoms with Gasteiger partial charge in [0.2, 0.25) is 11.8 Å². The van der Waals surface area contributed by atoms with Crippen molar-refractivity contribution in [3.8, 4) is 5.75 Å². The molecule has 0 spiro atoms. The van der Waals surface area contributed by atoms with Crippen molar-refractivity contribution in [3.05, 3.63) is 90.0 Å². The third-order valence-electron chi connectivity index (χ3n) is 7.49. The van der Waals surface area contributed by atoms with Crippen LogP contribution in [0.15, 0.2) is 83.8 Å². The smallest absolute Gasteiger partial charge is 0.264 e. The minimum Gasteiger partial charge on any atom is -0.497 e. The molecule has 3 aromatic rings. The van der Waals surface area contributed by atoms with Gasteiger partial charge in [0, 0.05) is 12.6 Å². The van der Waals surface area contributed by atoms with Crippen LogP contribution in [-0.4, -0.2) is 50.9 Å². The first kappa shape index (κ1) is 30.1. The van der Waals surface area contributed by atoms with Crippen molar-refractivity contribution in [2.24, 2.45) is 0 Å². The fourth-order valence-electron chi connectivity index (χ4n) is 5.29. The van der Waals surface area contributed by atoms with Gasteiger partial charge in [0.25, 0.3) is 10.0 Å². The molecular weight excluding hydrogens is 538 g/mol. The number of amides is 2. The summed E-state index contributed by atoms with van der Waals surface area (Å²) in [6.45, 7) is 3.55. The second kappa shape index (κ2) is 13.7. The predicted molar refractivity (Wildman–Crippen MR) is 160 cm³/mol. The summed E-state index contributed by atoms with van der Waals surface area (Å²) >= 11 is 0. The van der Waals surface area contributed by atoms with Crippen LogP contribution in [0.25, 0.3) is 0 Å². The van der Waals surface area contributed by atoms with E-state index in [1.807, 2.05) is 38.1 Å². The van der Waals surface area contributed by atoms with Crippen LogP contribution < -0.4 is 14.4 Å². The Morgan fingerprint density at radius 2 is 1.66 bits per heavy atom. The molecule has 1 unspecified atom stereocenters. The van der Waals surface area contributed by atoms with E-state index >= 15 is 0 Å². The lowest BCUT2D eigenvalue weighted by Gasteiger charge is -2.34. The van der Waals surface area contributed by atoms with Crippen molar-refractivity contribution in [2.45, 2.75) is 69.5 Å². The summed E-state index contributed by atoms with van der Waals surface area (Å²) in [5.74, 6) is -0.106. The maximum atomic E-state index is 14.2. The Kier molecular flexibility index (Phi) is 10.0. The third kappa shape index (κ3) is 7.47. The monoisotopic (exact) mass is 577 g/mol. The van der Waals surface area contributed by atoms with Gasteiger partial charge in [-0.25, -0.2) is 8.42 Å². The molecule has 1 N–H and O–H groups in total. The molecule has 2 amide bonds. The normalized spacial score (nSPS) is 14.3. The van der Waals surface area contributed by atoms with Gasteiger partial charge in [-0.05, 0) is 68.1 Å². The summed E-state index contributed by atoms with van der Waals surface area (Å²) in [5.41, 5.74) is 2.22. The molecular formula is C32H39N3O5S. The molecule has 41 heavy (non-hydrogen) atoms. The fourth-order valence-corrected chi connectivity index (χ4v) is 6.73.